The van der Waals surface area contributed by atoms with E-state index in [0.717, 1.165) is 17.5 Å². The van der Waals surface area contributed by atoms with Crippen LogP contribution in [0.4, 0.5) is 0 Å². The highest BCUT2D eigenvalue weighted by Crippen LogP contribution is 2.21. The number of ether oxygens (including phenoxy) is 2. The van der Waals surface area contributed by atoms with Gasteiger partial charge in [-0.2, -0.15) is 0 Å². The van der Waals surface area contributed by atoms with Gasteiger partial charge in [0, 0.05) is 18.5 Å². The lowest BCUT2D eigenvalue weighted by Crippen LogP contribution is -2.23. The van der Waals surface area contributed by atoms with E-state index in [1.54, 1.807) is 6.08 Å². The standard InChI is InChI=1S/C17H24N2O4/c1-3-10-23-15-11-13(8-9-18)4-5-14(15)12-19-16(20)6-7-17(21)22-2/h3-5,11H,1,6-10,12,18H2,2H3,(H,19,20). The summed E-state index contributed by atoms with van der Waals surface area (Å²) in [5.41, 5.74) is 7.50. The van der Waals surface area contributed by atoms with Crippen LogP contribution in [-0.4, -0.2) is 32.1 Å². The van der Waals surface area contributed by atoms with Gasteiger partial charge in [0.25, 0.3) is 0 Å². The summed E-state index contributed by atoms with van der Waals surface area (Å²) in [5.74, 6) is 0.0847. The van der Waals surface area contributed by atoms with Gasteiger partial charge in [-0.15, -0.1) is 0 Å². The number of nitrogens with one attached hydrogen (secondary N) is 1. The number of amides is 1. The molecule has 0 aliphatic heterocycles. The Morgan fingerprint density at radius 1 is 1.35 bits per heavy atom. The molecular formula is C17H24N2O4. The third kappa shape index (κ3) is 6.97. The van der Waals surface area contributed by atoms with E-state index in [9.17, 15) is 9.59 Å². The molecule has 1 amide bonds. The minimum Gasteiger partial charge on any atom is -0.489 e. The predicted octanol–water partition coefficient (Wildman–Crippen LogP) is 1.32. The van der Waals surface area contributed by atoms with Crippen LogP contribution in [0, 0.1) is 0 Å². The van der Waals surface area contributed by atoms with Gasteiger partial charge in [-0.25, -0.2) is 0 Å². The molecule has 1 rings (SSSR count). The van der Waals surface area contributed by atoms with Crippen LogP contribution in [0.1, 0.15) is 24.0 Å². The molecule has 126 valence electrons. The van der Waals surface area contributed by atoms with Gasteiger partial charge in [0.1, 0.15) is 12.4 Å². The summed E-state index contributed by atoms with van der Waals surface area (Å²) < 4.78 is 10.1. The van der Waals surface area contributed by atoms with Crippen LogP contribution in [0.25, 0.3) is 0 Å². The number of nitrogens with two attached hydrogens (primary N) is 1. The number of benzene rings is 1. The molecule has 0 radical (unpaired) electrons. The molecule has 0 saturated carbocycles. The molecule has 0 aliphatic carbocycles. The number of methoxy groups -OCH3 is 1. The fraction of sp³-hybridized carbons (Fsp3) is 0.412. The zero-order chi connectivity index (χ0) is 17.1. The number of hydrogen-bond acceptors (Lipinski definition) is 5. The minimum absolute atomic E-state index is 0.0671. The van der Waals surface area contributed by atoms with Gasteiger partial charge in [0.2, 0.25) is 5.91 Å². The summed E-state index contributed by atoms with van der Waals surface area (Å²) in [6.07, 6.45) is 2.59. The molecule has 1 aromatic rings. The number of carbonyl (C=O) groups excluding carboxylic acids is 2. The van der Waals surface area contributed by atoms with Crippen molar-refractivity contribution in [3.63, 3.8) is 0 Å². The van der Waals surface area contributed by atoms with Gasteiger partial charge in [0.15, 0.2) is 0 Å². The Bertz CT molecular complexity index is 543. The van der Waals surface area contributed by atoms with E-state index in [-0.39, 0.29) is 18.7 Å². The van der Waals surface area contributed by atoms with Gasteiger partial charge in [0.05, 0.1) is 13.5 Å². The maximum atomic E-state index is 11.7. The zero-order valence-electron chi connectivity index (χ0n) is 13.5. The van der Waals surface area contributed by atoms with Crippen molar-refractivity contribution in [2.24, 2.45) is 5.73 Å². The van der Waals surface area contributed by atoms with Crippen LogP contribution < -0.4 is 15.8 Å². The Morgan fingerprint density at radius 2 is 2.13 bits per heavy atom. The number of hydrogen-bond donors (Lipinski definition) is 2. The highest BCUT2D eigenvalue weighted by molar-refractivity contribution is 5.81. The molecule has 0 fully saturated rings. The summed E-state index contributed by atoms with van der Waals surface area (Å²) in [6, 6.07) is 5.79. The molecule has 6 heteroatoms. The summed E-state index contributed by atoms with van der Waals surface area (Å²) in [6.45, 7) is 4.90. The second-order valence-corrected chi connectivity index (χ2v) is 4.93. The largest absolute Gasteiger partial charge is 0.489 e. The van der Waals surface area contributed by atoms with E-state index in [2.05, 4.69) is 16.6 Å². The molecule has 6 nitrogen and oxygen atoms in total. The highest BCUT2D eigenvalue weighted by atomic mass is 16.5. The van der Waals surface area contributed by atoms with E-state index >= 15 is 0 Å². The lowest BCUT2D eigenvalue weighted by molar-refractivity contribution is -0.142. The normalized spacial score (nSPS) is 10.0. The van der Waals surface area contributed by atoms with Crippen LogP contribution in [0.2, 0.25) is 0 Å². The number of rotatable bonds is 10. The van der Waals surface area contributed by atoms with Crippen molar-refractivity contribution < 1.29 is 19.1 Å². The van der Waals surface area contributed by atoms with Crippen molar-refractivity contribution in [1.82, 2.24) is 5.32 Å². The summed E-state index contributed by atoms with van der Waals surface area (Å²) in [5, 5.41) is 2.77. The van der Waals surface area contributed by atoms with Crippen LogP contribution in [0.3, 0.4) is 0 Å². The molecule has 0 heterocycles. The molecule has 0 unspecified atom stereocenters. The monoisotopic (exact) mass is 320 g/mol. The molecule has 1 aromatic carbocycles. The average Bonchev–Trinajstić information content (AvgIpc) is 2.57. The molecule has 0 bridgehead atoms. The summed E-state index contributed by atoms with van der Waals surface area (Å²) in [7, 11) is 1.30. The molecular weight excluding hydrogens is 296 g/mol. The Morgan fingerprint density at radius 3 is 2.78 bits per heavy atom. The van der Waals surface area contributed by atoms with Gasteiger partial charge in [-0.3, -0.25) is 9.59 Å². The van der Waals surface area contributed by atoms with Gasteiger partial charge < -0.3 is 20.5 Å². The first-order valence-corrected chi connectivity index (χ1v) is 7.49. The molecule has 0 saturated heterocycles. The first kappa shape index (κ1) is 18.7. The summed E-state index contributed by atoms with van der Waals surface area (Å²) in [4.78, 5) is 22.8. The van der Waals surface area contributed by atoms with Crippen molar-refractivity contribution in [2.45, 2.75) is 25.8 Å². The third-order valence-corrected chi connectivity index (χ3v) is 3.18. The molecule has 0 atom stereocenters. The van der Waals surface area contributed by atoms with Crippen LogP contribution in [0.15, 0.2) is 30.9 Å². The minimum atomic E-state index is -0.402. The molecule has 0 spiro atoms. The topological polar surface area (TPSA) is 90.6 Å². The van der Waals surface area contributed by atoms with E-state index in [1.807, 2.05) is 18.2 Å². The quantitative estimate of drug-likeness (QED) is 0.501. The first-order chi connectivity index (χ1) is 11.1. The third-order valence-electron chi connectivity index (χ3n) is 3.18. The predicted molar refractivity (Wildman–Crippen MR) is 88.0 cm³/mol. The van der Waals surface area contributed by atoms with E-state index in [1.165, 1.54) is 7.11 Å². The van der Waals surface area contributed by atoms with Crippen LogP contribution in [0.5, 0.6) is 5.75 Å². The number of carbonyl (C=O) groups is 2. The molecule has 3 N–H and O–H groups in total. The maximum Gasteiger partial charge on any atom is 0.306 e. The smallest absolute Gasteiger partial charge is 0.306 e. The Kier molecular flexibility index (Phi) is 8.46. The fourth-order valence-electron chi connectivity index (χ4n) is 1.95. The zero-order valence-corrected chi connectivity index (χ0v) is 13.5. The van der Waals surface area contributed by atoms with Crippen LogP contribution in [-0.2, 0) is 27.3 Å². The van der Waals surface area contributed by atoms with Crippen molar-refractivity contribution in [1.29, 1.82) is 0 Å². The SMILES string of the molecule is C=CCOc1cc(CCN)ccc1CNC(=O)CCC(=O)OC. The van der Waals surface area contributed by atoms with Crippen LogP contribution >= 0.6 is 0 Å². The molecule has 23 heavy (non-hydrogen) atoms. The molecule has 0 aliphatic rings. The average molecular weight is 320 g/mol. The van der Waals surface area contributed by atoms with Crippen molar-refractivity contribution >= 4 is 11.9 Å². The van der Waals surface area contributed by atoms with E-state index < -0.39 is 5.97 Å². The fourth-order valence-corrected chi connectivity index (χ4v) is 1.95. The van der Waals surface area contributed by atoms with Gasteiger partial charge >= 0.3 is 5.97 Å². The lowest BCUT2D eigenvalue weighted by atomic mass is 10.1. The molecule has 0 aromatic heterocycles. The lowest BCUT2D eigenvalue weighted by Gasteiger charge is -2.13. The Balaban J connectivity index is 2.64. The second kappa shape index (κ2) is 10.4. The van der Waals surface area contributed by atoms with E-state index in [0.29, 0.717) is 25.4 Å². The van der Waals surface area contributed by atoms with Crippen molar-refractivity contribution in [3.8, 4) is 5.75 Å². The van der Waals surface area contributed by atoms with Crippen molar-refractivity contribution in [3.05, 3.63) is 42.0 Å². The van der Waals surface area contributed by atoms with E-state index in [4.69, 9.17) is 10.5 Å². The first-order valence-electron chi connectivity index (χ1n) is 7.49. The summed E-state index contributed by atoms with van der Waals surface area (Å²) >= 11 is 0. The van der Waals surface area contributed by atoms with Gasteiger partial charge in [-0.1, -0.05) is 24.8 Å². The highest BCUT2D eigenvalue weighted by Gasteiger charge is 2.09. The van der Waals surface area contributed by atoms with Gasteiger partial charge in [-0.05, 0) is 24.6 Å². The Labute approximate surface area is 136 Å². The van der Waals surface area contributed by atoms with Crippen molar-refractivity contribution in [2.75, 3.05) is 20.3 Å². The Hall–Kier alpha value is -2.34. The number of esters is 1. The maximum absolute atomic E-state index is 11.7. The second-order valence-electron chi connectivity index (χ2n) is 4.93.